The highest BCUT2D eigenvalue weighted by atomic mass is 127. The first-order valence-electron chi connectivity index (χ1n) is 11.4. The van der Waals surface area contributed by atoms with E-state index in [0.29, 0.717) is 25.3 Å². The van der Waals surface area contributed by atoms with E-state index in [1.807, 2.05) is 28.8 Å². The zero-order chi connectivity index (χ0) is 22.3. The third-order valence-electron chi connectivity index (χ3n) is 5.49. The molecule has 2 aromatic heterocycles. The first-order chi connectivity index (χ1) is 15.6. The highest BCUT2D eigenvalue weighted by molar-refractivity contribution is 14.0. The summed E-state index contributed by atoms with van der Waals surface area (Å²) >= 11 is 0. The van der Waals surface area contributed by atoms with Gasteiger partial charge in [0.15, 0.2) is 17.4 Å². The first kappa shape index (κ1) is 25.4. The molecule has 9 heteroatoms. The zero-order valence-electron chi connectivity index (χ0n) is 19.6. The van der Waals surface area contributed by atoms with Crippen molar-refractivity contribution >= 4 is 35.6 Å². The van der Waals surface area contributed by atoms with Crippen LogP contribution in [0.15, 0.2) is 53.7 Å². The van der Waals surface area contributed by atoms with Gasteiger partial charge in [-0.2, -0.15) is 0 Å². The van der Waals surface area contributed by atoms with Gasteiger partial charge in [-0.1, -0.05) is 30.3 Å². The SMILES string of the molecule is CCNC(=NCc1ccc(CN2CC(C)OC(C)C2)cc1)NCc1nnc2ccccn12.I. The largest absolute Gasteiger partial charge is 0.373 e. The molecule has 3 aromatic rings. The summed E-state index contributed by atoms with van der Waals surface area (Å²) in [6, 6.07) is 14.6. The highest BCUT2D eigenvalue weighted by Gasteiger charge is 2.21. The van der Waals surface area contributed by atoms with Gasteiger partial charge in [0.1, 0.15) is 0 Å². The van der Waals surface area contributed by atoms with Gasteiger partial charge in [0.25, 0.3) is 0 Å². The molecule has 0 radical (unpaired) electrons. The second-order valence-corrected chi connectivity index (χ2v) is 8.36. The average Bonchev–Trinajstić information content (AvgIpc) is 3.19. The molecule has 3 heterocycles. The molecule has 1 aliphatic rings. The lowest BCUT2D eigenvalue weighted by Crippen LogP contribution is -2.44. The van der Waals surface area contributed by atoms with Crippen LogP contribution < -0.4 is 10.6 Å². The average molecular weight is 563 g/mol. The Bertz CT molecular complexity index is 1030. The fourth-order valence-corrected chi connectivity index (χ4v) is 4.11. The minimum atomic E-state index is 0. The molecule has 0 spiro atoms. The van der Waals surface area contributed by atoms with Gasteiger partial charge in [0.05, 0.1) is 25.3 Å². The fourth-order valence-electron chi connectivity index (χ4n) is 4.11. The Kier molecular flexibility index (Phi) is 9.45. The molecule has 33 heavy (non-hydrogen) atoms. The number of aromatic nitrogens is 3. The Morgan fingerprint density at radius 1 is 1.03 bits per heavy atom. The van der Waals surface area contributed by atoms with Crippen LogP contribution in [-0.4, -0.2) is 57.3 Å². The molecule has 0 amide bonds. The molecule has 1 fully saturated rings. The first-order valence-corrected chi connectivity index (χ1v) is 11.4. The number of pyridine rings is 1. The van der Waals surface area contributed by atoms with E-state index >= 15 is 0 Å². The predicted molar refractivity (Wildman–Crippen MR) is 142 cm³/mol. The Balaban J connectivity index is 0.00000306. The zero-order valence-corrected chi connectivity index (χ0v) is 21.9. The second-order valence-electron chi connectivity index (χ2n) is 8.36. The summed E-state index contributed by atoms with van der Waals surface area (Å²) in [5.74, 6) is 1.61. The van der Waals surface area contributed by atoms with Gasteiger partial charge < -0.3 is 15.4 Å². The molecule has 1 aliphatic heterocycles. The smallest absolute Gasteiger partial charge is 0.191 e. The van der Waals surface area contributed by atoms with Crippen molar-refractivity contribution in [1.29, 1.82) is 0 Å². The monoisotopic (exact) mass is 563 g/mol. The minimum absolute atomic E-state index is 0. The predicted octanol–water partition coefficient (Wildman–Crippen LogP) is 3.21. The molecule has 1 aromatic carbocycles. The van der Waals surface area contributed by atoms with Crippen LogP contribution in [0.5, 0.6) is 0 Å². The van der Waals surface area contributed by atoms with Gasteiger partial charge in [0.2, 0.25) is 0 Å². The third-order valence-corrected chi connectivity index (χ3v) is 5.49. The number of fused-ring (bicyclic) bond motifs is 1. The number of guanidine groups is 1. The van der Waals surface area contributed by atoms with Crippen molar-refractivity contribution in [2.75, 3.05) is 19.6 Å². The number of aliphatic imine (C=N–C) groups is 1. The molecule has 2 unspecified atom stereocenters. The number of nitrogens with one attached hydrogen (secondary N) is 2. The van der Waals surface area contributed by atoms with Crippen LogP contribution in [0.3, 0.4) is 0 Å². The Hall–Kier alpha value is -2.24. The van der Waals surface area contributed by atoms with Gasteiger partial charge in [-0.25, -0.2) is 4.99 Å². The maximum Gasteiger partial charge on any atom is 0.191 e. The van der Waals surface area contributed by atoms with E-state index in [4.69, 9.17) is 9.73 Å². The van der Waals surface area contributed by atoms with E-state index in [0.717, 1.165) is 43.6 Å². The fraction of sp³-hybridized carbons (Fsp3) is 0.458. The number of benzene rings is 1. The van der Waals surface area contributed by atoms with Gasteiger partial charge in [-0.3, -0.25) is 9.30 Å². The van der Waals surface area contributed by atoms with Crippen molar-refractivity contribution in [1.82, 2.24) is 30.1 Å². The van der Waals surface area contributed by atoms with Gasteiger partial charge in [0, 0.05) is 32.4 Å². The Morgan fingerprint density at radius 3 is 2.48 bits per heavy atom. The van der Waals surface area contributed by atoms with Crippen LogP contribution in [0.25, 0.3) is 5.65 Å². The lowest BCUT2D eigenvalue weighted by Gasteiger charge is -2.35. The number of hydrogen-bond acceptors (Lipinski definition) is 5. The quantitative estimate of drug-likeness (QED) is 0.261. The van der Waals surface area contributed by atoms with E-state index in [9.17, 15) is 0 Å². The molecule has 2 atom stereocenters. The molecule has 0 saturated carbocycles. The molecule has 4 rings (SSSR count). The number of nitrogens with zero attached hydrogens (tertiary/aromatic N) is 5. The van der Waals surface area contributed by atoms with Crippen molar-refractivity contribution in [2.45, 2.75) is 52.6 Å². The summed E-state index contributed by atoms with van der Waals surface area (Å²) < 4.78 is 7.81. The maximum atomic E-state index is 5.83. The van der Waals surface area contributed by atoms with E-state index in [2.05, 4.69) is 70.8 Å². The summed E-state index contributed by atoms with van der Waals surface area (Å²) in [6.07, 6.45) is 2.55. The van der Waals surface area contributed by atoms with Crippen LogP contribution in [0.4, 0.5) is 0 Å². The summed E-state index contributed by atoms with van der Waals surface area (Å²) in [7, 11) is 0. The second kappa shape index (κ2) is 12.3. The molecule has 1 saturated heterocycles. The lowest BCUT2D eigenvalue weighted by atomic mass is 10.1. The highest BCUT2D eigenvalue weighted by Crippen LogP contribution is 2.15. The summed E-state index contributed by atoms with van der Waals surface area (Å²) in [4.78, 5) is 7.20. The molecular formula is C24H34IN7O. The third kappa shape index (κ3) is 7.12. The molecular weight excluding hydrogens is 529 g/mol. The number of hydrogen-bond donors (Lipinski definition) is 2. The number of halogens is 1. The topological polar surface area (TPSA) is 79.1 Å². The van der Waals surface area contributed by atoms with Crippen molar-refractivity contribution < 1.29 is 4.74 Å². The summed E-state index contributed by atoms with van der Waals surface area (Å²) in [5.41, 5.74) is 3.35. The van der Waals surface area contributed by atoms with Gasteiger partial charge >= 0.3 is 0 Å². The minimum Gasteiger partial charge on any atom is -0.373 e. The molecule has 0 bridgehead atoms. The van der Waals surface area contributed by atoms with Crippen molar-refractivity contribution in [3.05, 3.63) is 65.6 Å². The lowest BCUT2D eigenvalue weighted by molar-refractivity contribution is -0.0704. The summed E-state index contributed by atoms with van der Waals surface area (Å²) in [5, 5.41) is 15.1. The Labute approximate surface area is 212 Å². The molecule has 8 nitrogen and oxygen atoms in total. The van der Waals surface area contributed by atoms with Gasteiger partial charge in [-0.05, 0) is 44.0 Å². The standard InChI is InChI=1S/C24H33N7O.HI/c1-4-25-24(27-14-23-29-28-22-7-5-6-12-31(22)23)26-13-20-8-10-21(11-9-20)17-30-15-18(2)32-19(3)16-30;/h5-12,18-19H,4,13-17H2,1-3H3,(H2,25,26,27);1H. The van der Waals surface area contributed by atoms with Crippen molar-refractivity contribution in [3.63, 3.8) is 0 Å². The molecule has 0 aliphatic carbocycles. The van der Waals surface area contributed by atoms with E-state index in [1.54, 1.807) is 0 Å². The summed E-state index contributed by atoms with van der Waals surface area (Å²) in [6.45, 7) is 11.2. The van der Waals surface area contributed by atoms with Crippen LogP contribution in [0.1, 0.15) is 37.7 Å². The maximum absolute atomic E-state index is 5.83. The van der Waals surface area contributed by atoms with Crippen LogP contribution in [-0.2, 0) is 24.4 Å². The van der Waals surface area contributed by atoms with Crippen LogP contribution in [0, 0.1) is 0 Å². The van der Waals surface area contributed by atoms with Crippen LogP contribution in [0.2, 0.25) is 0 Å². The van der Waals surface area contributed by atoms with E-state index < -0.39 is 0 Å². The number of ether oxygens (including phenoxy) is 1. The van der Waals surface area contributed by atoms with E-state index in [1.165, 1.54) is 11.1 Å². The number of morpholine rings is 1. The number of rotatable bonds is 7. The van der Waals surface area contributed by atoms with Crippen LogP contribution >= 0.6 is 24.0 Å². The molecule has 178 valence electrons. The van der Waals surface area contributed by atoms with Crippen molar-refractivity contribution in [2.24, 2.45) is 4.99 Å². The van der Waals surface area contributed by atoms with Crippen molar-refractivity contribution in [3.8, 4) is 0 Å². The van der Waals surface area contributed by atoms with E-state index in [-0.39, 0.29) is 24.0 Å². The normalized spacial score (nSPS) is 19.3. The Morgan fingerprint density at radius 2 is 1.76 bits per heavy atom. The van der Waals surface area contributed by atoms with Gasteiger partial charge in [-0.15, -0.1) is 34.2 Å². The molecule has 2 N–H and O–H groups in total.